The minimum atomic E-state index is -4.76. The van der Waals surface area contributed by atoms with Crippen LogP contribution in [-0.2, 0) is 22.7 Å². The summed E-state index contributed by atoms with van der Waals surface area (Å²) in [6, 6.07) is 5.78. The number of nitrogens with zero attached hydrogens (tertiary/aromatic N) is 4. The summed E-state index contributed by atoms with van der Waals surface area (Å²) >= 11 is 0. The first-order valence-corrected chi connectivity index (χ1v) is 11.3. The van der Waals surface area contributed by atoms with Crippen molar-refractivity contribution in [2.75, 3.05) is 21.1 Å². The van der Waals surface area contributed by atoms with Crippen LogP contribution in [0.3, 0.4) is 0 Å². The number of alkyl halides is 3. The molecule has 0 bridgehead atoms. The van der Waals surface area contributed by atoms with Crippen LogP contribution in [0.4, 0.5) is 36.4 Å². The van der Waals surface area contributed by atoms with E-state index in [0.717, 1.165) is 0 Å². The Labute approximate surface area is 192 Å². The Hall–Kier alpha value is -4.01. The number of nitrogens with one attached hydrogen (secondary N) is 3. The van der Waals surface area contributed by atoms with Crippen molar-refractivity contribution in [2.24, 2.45) is 5.73 Å². The minimum Gasteiger partial charge on any atom is -0.365 e. The van der Waals surface area contributed by atoms with E-state index in [1.54, 1.807) is 0 Å². The second kappa shape index (κ2) is 9.86. The number of hydrogen-bond donors (Lipinski definition) is 4. The van der Waals surface area contributed by atoms with Crippen LogP contribution in [0.1, 0.15) is 28.5 Å². The third-order valence-corrected chi connectivity index (χ3v) is 5.60. The zero-order valence-electron chi connectivity index (χ0n) is 17.6. The number of aromatic nitrogens is 4. The molecule has 0 radical (unpaired) electrons. The van der Waals surface area contributed by atoms with Gasteiger partial charge in [0.15, 0.2) is 0 Å². The van der Waals surface area contributed by atoms with Crippen molar-refractivity contribution in [1.29, 1.82) is 0 Å². The van der Waals surface area contributed by atoms with Gasteiger partial charge in [0.1, 0.15) is 22.9 Å². The van der Waals surface area contributed by atoms with Crippen LogP contribution in [0, 0.1) is 0 Å². The molecule has 34 heavy (non-hydrogen) atoms. The second-order valence-corrected chi connectivity index (χ2v) is 8.76. The molecule has 0 unspecified atom stereocenters. The molecule has 180 valence electrons. The smallest absolute Gasteiger partial charge is 0.365 e. The lowest BCUT2D eigenvalue weighted by molar-refractivity contribution is -0.137. The minimum absolute atomic E-state index is 0.00668. The molecular weight excluding hydrogens is 477 g/mol. The summed E-state index contributed by atoms with van der Waals surface area (Å²) in [4.78, 5) is 26.5. The molecule has 15 heteroatoms. The fourth-order valence-electron chi connectivity index (χ4n) is 2.60. The van der Waals surface area contributed by atoms with E-state index in [2.05, 4.69) is 35.3 Å². The molecule has 0 aliphatic carbocycles. The van der Waals surface area contributed by atoms with Crippen molar-refractivity contribution in [3.8, 4) is 0 Å². The summed E-state index contributed by atoms with van der Waals surface area (Å²) in [5.74, 6) is -1.68. The first kappa shape index (κ1) is 24.6. The summed E-state index contributed by atoms with van der Waals surface area (Å²) < 4.78 is 66.5. The maximum Gasteiger partial charge on any atom is 0.421 e. The number of halogens is 3. The van der Waals surface area contributed by atoms with Gasteiger partial charge in [-0.05, 0) is 25.1 Å². The van der Waals surface area contributed by atoms with Crippen LogP contribution in [0.2, 0.25) is 0 Å². The van der Waals surface area contributed by atoms with Crippen LogP contribution in [0.25, 0.3) is 0 Å². The van der Waals surface area contributed by atoms with Gasteiger partial charge < -0.3 is 16.4 Å². The van der Waals surface area contributed by atoms with Crippen LogP contribution >= 0.6 is 0 Å². The molecule has 3 rings (SSSR count). The summed E-state index contributed by atoms with van der Waals surface area (Å²) in [6.07, 6.45) is -1.56. The van der Waals surface area contributed by atoms with Gasteiger partial charge >= 0.3 is 6.18 Å². The number of primary amides is 1. The average molecular weight is 496 g/mol. The summed E-state index contributed by atoms with van der Waals surface area (Å²) in [5, 5.41) is 5.26. The van der Waals surface area contributed by atoms with Crippen LogP contribution in [-0.4, -0.2) is 40.0 Å². The quantitative estimate of drug-likeness (QED) is 0.348. The van der Waals surface area contributed by atoms with Crippen molar-refractivity contribution >= 4 is 39.2 Å². The number of carbonyl (C=O) groups is 1. The standard InChI is InChI=1S/C19H19F3N8O3S/c1-2-34(32,33)30-16-11(4-3-7-24-16)8-26-17-13(19(20,21)22)10-27-18(29-17)28-12-5-6-14(15(23)31)25-9-12/h3-7,9-10H,2,8H2,1H3,(H2,23,31)(H,24,30)(H2,26,27,28,29). The molecule has 0 saturated carbocycles. The van der Waals surface area contributed by atoms with Gasteiger partial charge in [0, 0.05) is 24.5 Å². The number of sulfonamides is 1. The van der Waals surface area contributed by atoms with Crippen molar-refractivity contribution in [3.05, 3.63) is 59.7 Å². The van der Waals surface area contributed by atoms with Crippen molar-refractivity contribution in [1.82, 2.24) is 19.9 Å². The van der Waals surface area contributed by atoms with Gasteiger partial charge in [-0.1, -0.05) is 6.07 Å². The van der Waals surface area contributed by atoms with Gasteiger partial charge in [0.05, 0.1) is 17.6 Å². The van der Waals surface area contributed by atoms with E-state index >= 15 is 0 Å². The molecule has 0 aromatic carbocycles. The highest BCUT2D eigenvalue weighted by Gasteiger charge is 2.35. The van der Waals surface area contributed by atoms with Crippen molar-refractivity contribution < 1.29 is 26.4 Å². The second-order valence-electron chi connectivity index (χ2n) is 6.75. The van der Waals surface area contributed by atoms with E-state index in [9.17, 15) is 26.4 Å². The Morgan fingerprint density at radius 3 is 2.47 bits per heavy atom. The highest BCUT2D eigenvalue weighted by molar-refractivity contribution is 7.92. The molecule has 0 saturated heterocycles. The fourth-order valence-corrected chi connectivity index (χ4v) is 3.22. The van der Waals surface area contributed by atoms with Gasteiger partial charge in [-0.15, -0.1) is 0 Å². The zero-order valence-corrected chi connectivity index (χ0v) is 18.4. The number of amides is 1. The molecule has 3 aromatic rings. The Balaban J connectivity index is 1.86. The number of pyridine rings is 2. The lowest BCUT2D eigenvalue weighted by atomic mass is 10.2. The van der Waals surface area contributed by atoms with Crippen LogP contribution < -0.4 is 21.1 Å². The predicted octanol–water partition coefficient (Wildman–Crippen LogP) is 2.50. The summed E-state index contributed by atoms with van der Waals surface area (Å²) in [7, 11) is -3.65. The van der Waals surface area contributed by atoms with Gasteiger partial charge in [0.2, 0.25) is 16.0 Å². The van der Waals surface area contributed by atoms with E-state index in [1.807, 2.05) is 0 Å². The normalized spacial score (nSPS) is 11.6. The van der Waals surface area contributed by atoms with Gasteiger partial charge in [-0.25, -0.2) is 23.4 Å². The third kappa shape index (κ3) is 6.28. The molecule has 0 fully saturated rings. The Morgan fingerprint density at radius 1 is 1.09 bits per heavy atom. The third-order valence-electron chi connectivity index (χ3n) is 4.34. The summed E-state index contributed by atoms with van der Waals surface area (Å²) in [6.45, 7) is 1.22. The van der Waals surface area contributed by atoms with E-state index in [-0.39, 0.29) is 29.8 Å². The molecule has 0 atom stereocenters. The zero-order chi connectivity index (χ0) is 24.9. The number of rotatable bonds is 9. The van der Waals surface area contributed by atoms with E-state index < -0.39 is 33.5 Å². The average Bonchev–Trinajstić information content (AvgIpc) is 2.78. The van der Waals surface area contributed by atoms with Gasteiger partial charge in [0.25, 0.3) is 5.91 Å². The van der Waals surface area contributed by atoms with E-state index in [0.29, 0.717) is 17.4 Å². The molecule has 1 amide bonds. The highest BCUT2D eigenvalue weighted by Crippen LogP contribution is 2.34. The maximum atomic E-state index is 13.5. The molecular formula is C19H19F3N8O3S. The molecule has 3 aromatic heterocycles. The maximum absolute atomic E-state index is 13.5. The first-order valence-electron chi connectivity index (χ1n) is 9.64. The number of hydrogen-bond acceptors (Lipinski definition) is 9. The molecule has 0 spiro atoms. The van der Waals surface area contributed by atoms with Crippen LogP contribution in [0.5, 0.6) is 0 Å². The van der Waals surface area contributed by atoms with Crippen LogP contribution in [0.15, 0.2) is 42.9 Å². The summed E-state index contributed by atoms with van der Waals surface area (Å²) in [5.41, 5.74) is 4.61. The number of carbonyl (C=O) groups excluding carboxylic acids is 1. The number of anilines is 4. The highest BCUT2D eigenvalue weighted by atomic mass is 32.2. The molecule has 11 nitrogen and oxygen atoms in total. The van der Waals surface area contributed by atoms with Crippen molar-refractivity contribution in [2.45, 2.75) is 19.6 Å². The lowest BCUT2D eigenvalue weighted by Crippen LogP contribution is -2.18. The Kier molecular flexibility index (Phi) is 7.14. The van der Waals surface area contributed by atoms with E-state index in [4.69, 9.17) is 5.73 Å². The Morgan fingerprint density at radius 2 is 1.85 bits per heavy atom. The fraction of sp³-hybridized carbons (Fsp3) is 0.211. The van der Waals surface area contributed by atoms with Gasteiger partial charge in [-0.2, -0.15) is 18.2 Å². The monoisotopic (exact) mass is 496 g/mol. The topological polar surface area (TPSA) is 165 Å². The molecule has 5 N–H and O–H groups in total. The Bertz CT molecular complexity index is 1280. The van der Waals surface area contributed by atoms with E-state index in [1.165, 1.54) is 43.6 Å². The molecule has 0 aliphatic rings. The largest absolute Gasteiger partial charge is 0.421 e. The lowest BCUT2D eigenvalue weighted by Gasteiger charge is -2.16. The van der Waals surface area contributed by atoms with Crippen molar-refractivity contribution in [3.63, 3.8) is 0 Å². The predicted molar refractivity (Wildman–Crippen MR) is 118 cm³/mol. The molecule has 3 heterocycles. The molecule has 0 aliphatic heterocycles. The number of nitrogens with two attached hydrogens (primary N) is 1. The first-order chi connectivity index (χ1) is 16.0. The van der Waals surface area contributed by atoms with Gasteiger partial charge in [-0.3, -0.25) is 9.52 Å². The SMILES string of the molecule is CCS(=O)(=O)Nc1ncccc1CNc1nc(Nc2ccc(C(N)=O)nc2)ncc1C(F)(F)F.